The third-order valence-corrected chi connectivity index (χ3v) is 6.69. The average molecular weight is 426 g/mol. The van der Waals surface area contributed by atoms with Gasteiger partial charge in [0.1, 0.15) is 10.5 Å². The molecule has 1 unspecified atom stereocenters. The highest BCUT2D eigenvalue weighted by Gasteiger charge is 2.56. The van der Waals surface area contributed by atoms with Gasteiger partial charge in [-0.2, -0.15) is 0 Å². The van der Waals surface area contributed by atoms with Crippen LogP contribution in [0, 0.1) is 6.92 Å². The first-order valence-electron chi connectivity index (χ1n) is 9.15. The average Bonchev–Trinajstić information content (AvgIpc) is 3.33. The van der Waals surface area contributed by atoms with Gasteiger partial charge in [0.05, 0.1) is 17.0 Å². The molecule has 2 aliphatic rings. The van der Waals surface area contributed by atoms with E-state index in [1.807, 2.05) is 12.1 Å². The second-order valence-corrected chi connectivity index (χ2v) is 8.29. The van der Waals surface area contributed by atoms with Gasteiger partial charge >= 0.3 is 0 Å². The molecule has 1 fully saturated rings. The summed E-state index contributed by atoms with van der Waals surface area (Å²) >= 11 is 7.19. The van der Waals surface area contributed by atoms with Crippen molar-refractivity contribution in [2.24, 2.45) is 0 Å². The molecule has 0 bridgehead atoms. The summed E-state index contributed by atoms with van der Waals surface area (Å²) < 4.78 is 3.91. The summed E-state index contributed by atoms with van der Waals surface area (Å²) in [5, 5.41) is 4.58. The molecule has 9 heteroatoms. The van der Waals surface area contributed by atoms with E-state index >= 15 is 0 Å². The highest BCUT2D eigenvalue weighted by molar-refractivity contribution is 7.08. The molecular formula is C20H16ClN5O2S. The predicted molar refractivity (Wildman–Crippen MR) is 108 cm³/mol. The summed E-state index contributed by atoms with van der Waals surface area (Å²) in [4.78, 5) is 35.4. The molecule has 4 heterocycles. The van der Waals surface area contributed by atoms with Gasteiger partial charge in [0.2, 0.25) is 0 Å². The van der Waals surface area contributed by atoms with Crippen molar-refractivity contribution in [2.45, 2.75) is 19.0 Å². The summed E-state index contributed by atoms with van der Waals surface area (Å²) in [5.41, 5.74) is 1.72. The molecule has 5 rings (SSSR count). The molecule has 0 saturated carbocycles. The van der Waals surface area contributed by atoms with E-state index in [0.717, 1.165) is 17.1 Å². The number of nitrogens with zero attached hydrogens (tertiary/aromatic N) is 5. The van der Waals surface area contributed by atoms with Crippen molar-refractivity contribution in [1.29, 1.82) is 0 Å². The number of benzene rings is 1. The summed E-state index contributed by atoms with van der Waals surface area (Å²) in [5.74, 6) is -0.300. The minimum atomic E-state index is -0.962. The van der Waals surface area contributed by atoms with Crippen LogP contribution < -0.4 is 0 Å². The molecule has 2 aliphatic heterocycles. The molecule has 0 N–H and O–H groups in total. The van der Waals surface area contributed by atoms with Gasteiger partial charge in [-0.1, -0.05) is 28.2 Å². The Hall–Kier alpha value is -2.84. The number of pyridine rings is 1. The Kier molecular flexibility index (Phi) is 4.15. The molecule has 0 radical (unpaired) electrons. The maximum Gasteiger partial charge on any atom is 0.269 e. The van der Waals surface area contributed by atoms with E-state index in [-0.39, 0.29) is 11.8 Å². The molecule has 7 nitrogen and oxygen atoms in total. The number of halogens is 1. The molecule has 1 saturated heterocycles. The largest absolute Gasteiger partial charge is 0.309 e. The third kappa shape index (κ3) is 2.59. The highest BCUT2D eigenvalue weighted by Crippen LogP contribution is 2.45. The van der Waals surface area contributed by atoms with E-state index < -0.39 is 5.66 Å². The lowest BCUT2D eigenvalue weighted by Crippen LogP contribution is -2.58. The molecule has 0 aliphatic carbocycles. The van der Waals surface area contributed by atoms with Crippen LogP contribution in [0.2, 0.25) is 5.02 Å². The smallest absolute Gasteiger partial charge is 0.269 e. The Bertz CT molecular complexity index is 1130. The van der Waals surface area contributed by atoms with E-state index in [4.69, 9.17) is 11.6 Å². The van der Waals surface area contributed by atoms with Gasteiger partial charge in [-0.05, 0) is 48.3 Å². The Labute approximate surface area is 176 Å². The van der Waals surface area contributed by atoms with Crippen LogP contribution >= 0.6 is 23.1 Å². The topological polar surface area (TPSA) is 79.3 Å². The zero-order chi connectivity index (χ0) is 20.2. The minimum Gasteiger partial charge on any atom is -0.309 e. The molecular weight excluding hydrogens is 410 g/mol. The standard InChI is InChI=1S/C20H16ClN5O2S/c1-12-17(29-24-23-12)19(28)26-10-9-25-18(27)15-3-2-8-22-16(15)11-20(25,26)13-4-6-14(21)7-5-13/h2-8H,9-11H2,1H3. The fourth-order valence-corrected chi connectivity index (χ4v) is 5.01. The molecule has 1 aromatic carbocycles. The molecule has 1 atom stereocenters. The first-order valence-corrected chi connectivity index (χ1v) is 10.3. The Morgan fingerprint density at radius 1 is 1.21 bits per heavy atom. The summed E-state index contributed by atoms with van der Waals surface area (Å²) in [6.07, 6.45) is 2.09. The van der Waals surface area contributed by atoms with Crippen molar-refractivity contribution >= 4 is 34.9 Å². The summed E-state index contributed by atoms with van der Waals surface area (Å²) in [6, 6.07) is 10.9. The van der Waals surface area contributed by atoms with Crippen molar-refractivity contribution in [2.75, 3.05) is 13.1 Å². The van der Waals surface area contributed by atoms with Gasteiger partial charge in [-0.3, -0.25) is 14.6 Å². The molecule has 0 spiro atoms. The molecule has 2 amide bonds. The summed E-state index contributed by atoms with van der Waals surface area (Å²) in [6.45, 7) is 2.62. The SMILES string of the molecule is Cc1nnsc1C(=O)N1CCN2C(=O)c3cccnc3CC21c1ccc(Cl)cc1. The highest BCUT2D eigenvalue weighted by atomic mass is 35.5. The maximum atomic E-state index is 13.5. The molecule has 3 aromatic rings. The van der Waals surface area contributed by atoms with Crippen LogP contribution in [0.15, 0.2) is 42.6 Å². The third-order valence-electron chi connectivity index (χ3n) is 5.62. The van der Waals surface area contributed by atoms with Gasteiger partial charge < -0.3 is 9.80 Å². The van der Waals surface area contributed by atoms with Crippen molar-refractivity contribution in [1.82, 2.24) is 24.4 Å². The lowest BCUT2D eigenvalue weighted by molar-refractivity contribution is 0.00725. The number of hydrogen-bond acceptors (Lipinski definition) is 6. The zero-order valence-electron chi connectivity index (χ0n) is 15.5. The Morgan fingerprint density at radius 3 is 2.72 bits per heavy atom. The zero-order valence-corrected chi connectivity index (χ0v) is 17.1. The number of rotatable bonds is 2. The van der Waals surface area contributed by atoms with E-state index in [2.05, 4.69) is 14.6 Å². The fourth-order valence-electron chi connectivity index (χ4n) is 4.28. The van der Waals surface area contributed by atoms with Gasteiger partial charge in [-0.15, -0.1) is 5.10 Å². The number of carbonyl (C=O) groups excluding carboxylic acids is 2. The van der Waals surface area contributed by atoms with Crippen LogP contribution in [-0.4, -0.2) is 49.3 Å². The fraction of sp³-hybridized carbons (Fsp3) is 0.250. The second kappa shape index (κ2) is 6.60. The monoisotopic (exact) mass is 425 g/mol. The summed E-state index contributed by atoms with van der Waals surface area (Å²) in [7, 11) is 0. The van der Waals surface area contributed by atoms with E-state index in [9.17, 15) is 9.59 Å². The Balaban J connectivity index is 1.71. The van der Waals surface area contributed by atoms with E-state index in [1.165, 1.54) is 0 Å². The number of hydrogen-bond donors (Lipinski definition) is 0. The van der Waals surface area contributed by atoms with E-state index in [0.29, 0.717) is 46.4 Å². The molecule has 146 valence electrons. The van der Waals surface area contributed by atoms with Gasteiger partial charge in [0.15, 0.2) is 0 Å². The first-order chi connectivity index (χ1) is 14.0. The van der Waals surface area contributed by atoms with Crippen molar-refractivity contribution in [3.05, 3.63) is 75.0 Å². The predicted octanol–water partition coefficient (Wildman–Crippen LogP) is 2.90. The van der Waals surface area contributed by atoms with Crippen LogP contribution in [0.1, 0.15) is 37.0 Å². The number of aromatic nitrogens is 3. The van der Waals surface area contributed by atoms with E-state index in [1.54, 1.807) is 47.2 Å². The quantitative estimate of drug-likeness (QED) is 0.630. The van der Waals surface area contributed by atoms with Crippen LogP contribution in [0.4, 0.5) is 0 Å². The molecule has 2 aromatic heterocycles. The van der Waals surface area contributed by atoms with Crippen LogP contribution in [0.5, 0.6) is 0 Å². The molecule has 29 heavy (non-hydrogen) atoms. The van der Waals surface area contributed by atoms with Crippen molar-refractivity contribution in [3.63, 3.8) is 0 Å². The van der Waals surface area contributed by atoms with Crippen molar-refractivity contribution < 1.29 is 9.59 Å². The first kappa shape index (κ1) is 18.2. The number of fused-ring (bicyclic) bond motifs is 2. The van der Waals surface area contributed by atoms with Gasteiger partial charge in [0.25, 0.3) is 11.8 Å². The van der Waals surface area contributed by atoms with Crippen LogP contribution in [-0.2, 0) is 12.1 Å². The minimum absolute atomic E-state index is 0.122. The maximum absolute atomic E-state index is 13.5. The number of amides is 2. The number of aryl methyl sites for hydroxylation is 1. The normalized spacial score (nSPS) is 20.6. The second-order valence-electron chi connectivity index (χ2n) is 7.10. The van der Waals surface area contributed by atoms with Crippen LogP contribution in [0.3, 0.4) is 0 Å². The van der Waals surface area contributed by atoms with Crippen molar-refractivity contribution in [3.8, 4) is 0 Å². The van der Waals surface area contributed by atoms with Gasteiger partial charge in [0, 0.05) is 30.7 Å². The lowest BCUT2D eigenvalue weighted by atomic mass is 9.86. The Morgan fingerprint density at radius 2 is 2.00 bits per heavy atom. The van der Waals surface area contributed by atoms with Crippen LogP contribution in [0.25, 0.3) is 0 Å². The number of carbonyl (C=O) groups is 2. The lowest BCUT2D eigenvalue weighted by Gasteiger charge is -2.46. The van der Waals surface area contributed by atoms with Gasteiger partial charge in [-0.25, -0.2) is 0 Å².